The Bertz CT molecular complexity index is 96.3. The van der Waals surface area contributed by atoms with E-state index in [4.69, 9.17) is 0 Å². The van der Waals surface area contributed by atoms with E-state index >= 15 is 0 Å². The zero-order valence-corrected chi connectivity index (χ0v) is 4.43. The Kier molecular flexibility index (Phi) is 1.50. The third-order valence-corrected chi connectivity index (χ3v) is 1.35. The summed E-state index contributed by atoms with van der Waals surface area (Å²) in [5.41, 5.74) is 0. The van der Waals surface area contributed by atoms with Crippen LogP contribution in [0, 0.1) is 0 Å². The Hall–Kier alpha value is -0.260. The Morgan fingerprint density at radius 3 is 2.86 bits per heavy atom. The van der Waals surface area contributed by atoms with Gasteiger partial charge >= 0.3 is 44.9 Å². The molecule has 0 amide bonds. The zero-order chi connectivity index (χ0) is 5.11. The minimum atomic E-state index is 0.681. The van der Waals surface area contributed by atoms with Crippen molar-refractivity contribution in [2.75, 3.05) is 0 Å². The van der Waals surface area contributed by atoms with Crippen LogP contribution in [-0.2, 0) is 0 Å². The van der Waals surface area contributed by atoms with Gasteiger partial charge in [-0.25, -0.2) is 0 Å². The fourth-order valence-electron chi connectivity index (χ4n) is 0.852. The van der Waals surface area contributed by atoms with Gasteiger partial charge in [0.1, 0.15) is 0 Å². The molecule has 0 fully saturated rings. The number of allylic oxidation sites excluding steroid dienone is 1. The Morgan fingerprint density at radius 2 is 2.57 bits per heavy atom. The second-order valence-electron chi connectivity index (χ2n) is 1.91. The number of hydrogen-bond acceptors (Lipinski definition) is 0. The first-order valence-electron chi connectivity index (χ1n) is 2.72. The van der Waals surface area contributed by atoms with Crippen LogP contribution in [0.4, 0.5) is 0 Å². The average molecular weight is 89.7 g/mol. The van der Waals surface area contributed by atoms with Gasteiger partial charge in [0, 0.05) is 0 Å². The molecule has 0 spiro atoms. The molecule has 0 saturated heterocycles. The summed E-state index contributed by atoms with van der Waals surface area (Å²) in [7, 11) is 3.69. The van der Waals surface area contributed by atoms with Gasteiger partial charge in [-0.3, -0.25) is 0 Å². The molecule has 0 aromatic rings. The van der Waals surface area contributed by atoms with E-state index in [0.29, 0.717) is 6.71 Å². The van der Waals surface area contributed by atoms with E-state index in [-0.39, 0.29) is 0 Å². The third kappa shape index (κ3) is 1.05. The van der Waals surface area contributed by atoms with E-state index < -0.39 is 0 Å². The first-order valence-corrected chi connectivity index (χ1v) is 2.72. The number of rotatable bonds is 1. The maximum atomic E-state index is 3.69. The van der Waals surface area contributed by atoms with E-state index in [1.165, 1.54) is 12.7 Å². The molecule has 1 rings (SSSR count). The molecule has 0 aromatic carbocycles. The SMILES string of the molecule is B=CB1C=CCC1. The van der Waals surface area contributed by atoms with Crippen molar-refractivity contribution in [3.8, 4) is 0 Å². The van der Waals surface area contributed by atoms with Crippen molar-refractivity contribution >= 4 is 20.1 Å². The molecule has 34 valence electrons. The molecule has 0 aliphatic carbocycles. The summed E-state index contributed by atoms with van der Waals surface area (Å²) in [5, 5.41) is 0. The van der Waals surface area contributed by atoms with E-state index in [1.807, 2.05) is 5.87 Å². The summed E-state index contributed by atoms with van der Waals surface area (Å²) in [6, 6.07) is 0. The van der Waals surface area contributed by atoms with Gasteiger partial charge in [-0.2, -0.15) is 0 Å². The molecule has 2 heteroatoms. The molecule has 0 unspecified atom stereocenters. The molecular formula is C5H8B2. The normalized spacial score (nSPS) is 17.9. The van der Waals surface area contributed by atoms with Crippen LogP contribution < -0.4 is 0 Å². The van der Waals surface area contributed by atoms with Crippen molar-refractivity contribution < 1.29 is 0 Å². The third-order valence-electron chi connectivity index (χ3n) is 1.35. The standard InChI is InChI=1S/C5H8B2/c6-5-7-3-1-2-4-7/h1,3,5-6H,2,4H2. The van der Waals surface area contributed by atoms with Gasteiger partial charge in [0.25, 0.3) is 0 Å². The molecule has 1 heterocycles. The summed E-state index contributed by atoms with van der Waals surface area (Å²) < 4.78 is 0. The van der Waals surface area contributed by atoms with Crippen LogP contribution >= 0.6 is 0 Å². The molecule has 0 radical (unpaired) electrons. The van der Waals surface area contributed by atoms with E-state index in [2.05, 4.69) is 19.5 Å². The summed E-state index contributed by atoms with van der Waals surface area (Å²) >= 11 is 0. The molecule has 1 aliphatic rings. The van der Waals surface area contributed by atoms with E-state index in [1.54, 1.807) is 0 Å². The van der Waals surface area contributed by atoms with Gasteiger partial charge in [0.15, 0.2) is 0 Å². The molecule has 0 N–H and O–H groups in total. The summed E-state index contributed by atoms with van der Waals surface area (Å²) in [5.74, 6) is 4.22. The molecular weight excluding hydrogens is 81.7 g/mol. The van der Waals surface area contributed by atoms with Crippen molar-refractivity contribution in [3.05, 3.63) is 12.1 Å². The Labute approximate surface area is 45.8 Å². The van der Waals surface area contributed by atoms with Crippen molar-refractivity contribution in [3.63, 3.8) is 0 Å². The van der Waals surface area contributed by atoms with E-state index in [0.717, 1.165) is 0 Å². The quantitative estimate of drug-likeness (QED) is 0.404. The summed E-state index contributed by atoms with van der Waals surface area (Å²) in [6.07, 6.45) is 4.74. The second-order valence-corrected chi connectivity index (χ2v) is 1.91. The molecule has 0 nitrogen and oxygen atoms in total. The predicted molar refractivity (Wildman–Crippen MR) is 37.5 cm³/mol. The fourth-order valence-corrected chi connectivity index (χ4v) is 0.852. The monoisotopic (exact) mass is 90.1 g/mol. The second kappa shape index (κ2) is 2.15. The molecule has 0 aromatic heterocycles. The van der Waals surface area contributed by atoms with Gasteiger partial charge in [0.2, 0.25) is 0 Å². The fraction of sp³-hybridized carbons (Fsp3) is 0.400. The molecule has 1 aliphatic heterocycles. The molecule has 0 atom stereocenters. The Balaban J connectivity index is 2.42. The van der Waals surface area contributed by atoms with Crippen LogP contribution in [0.3, 0.4) is 0 Å². The average Bonchev–Trinajstić information content (AvgIpc) is 2.14. The first kappa shape index (κ1) is 4.89. The van der Waals surface area contributed by atoms with Crippen LogP contribution in [0.1, 0.15) is 6.42 Å². The van der Waals surface area contributed by atoms with Gasteiger partial charge < -0.3 is 0 Å². The van der Waals surface area contributed by atoms with Crippen molar-refractivity contribution in [1.29, 1.82) is 0 Å². The van der Waals surface area contributed by atoms with Crippen LogP contribution in [0.2, 0.25) is 6.32 Å². The van der Waals surface area contributed by atoms with Gasteiger partial charge in [-0.1, -0.05) is 0 Å². The van der Waals surface area contributed by atoms with Gasteiger partial charge in [-0.05, 0) is 0 Å². The first-order chi connectivity index (χ1) is 3.43. The van der Waals surface area contributed by atoms with Gasteiger partial charge in [-0.15, -0.1) is 0 Å². The molecule has 0 saturated carbocycles. The van der Waals surface area contributed by atoms with Crippen LogP contribution in [-0.4, -0.2) is 20.1 Å². The summed E-state index contributed by atoms with van der Waals surface area (Å²) in [6.45, 7) is 0.681. The molecule has 0 bridgehead atoms. The van der Waals surface area contributed by atoms with Crippen LogP contribution in [0.25, 0.3) is 0 Å². The van der Waals surface area contributed by atoms with E-state index in [9.17, 15) is 0 Å². The van der Waals surface area contributed by atoms with Crippen LogP contribution in [0.15, 0.2) is 12.1 Å². The van der Waals surface area contributed by atoms with Gasteiger partial charge in [0.05, 0.1) is 0 Å². The predicted octanol–water partition coefficient (Wildman–Crippen LogP) is 0.222. The van der Waals surface area contributed by atoms with Crippen molar-refractivity contribution in [2.45, 2.75) is 12.7 Å². The number of hydrogen-bond donors (Lipinski definition) is 0. The topological polar surface area (TPSA) is 0 Å². The van der Waals surface area contributed by atoms with Crippen LogP contribution in [0.5, 0.6) is 0 Å². The minimum absolute atomic E-state index is 0.681. The molecule has 7 heavy (non-hydrogen) atoms. The zero-order valence-electron chi connectivity index (χ0n) is 4.43. The summed E-state index contributed by atoms with van der Waals surface area (Å²) in [4.78, 5) is 0. The maximum absolute atomic E-state index is 3.69. The Morgan fingerprint density at radius 1 is 1.71 bits per heavy atom. The van der Waals surface area contributed by atoms with Crippen molar-refractivity contribution in [2.24, 2.45) is 0 Å². The van der Waals surface area contributed by atoms with Crippen molar-refractivity contribution in [1.82, 2.24) is 0 Å².